The third-order valence-electron chi connectivity index (χ3n) is 3.75. The molecule has 3 aromatic rings. The Morgan fingerprint density at radius 1 is 0.586 bits per heavy atom. The lowest BCUT2D eigenvalue weighted by Crippen LogP contribution is -2.14. The van der Waals surface area contributed by atoms with Crippen molar-refractivity contribution in [2.24, 2.45) is 0 Å². The van der Waals surface area contributed by atoms with Gasteiger partial charge in [-0.2, -0.15) is 0 Å². The first-order valence-electron chi connectivity index (χ1n) is 8.22. The van der Waals surface area contributed by atoms with Crippen molar-refractivity contribution in [3.8, 4) is 23.0 Å². The number of carboxylic acid groups (broad SMARTS) is 1. The minimum atomic E-state index is -1.34. The van der Waals surface area contributed by atoms with Crippen LogP contribution in [0.25, 0.3) is 0 Å². The van der Waals surface area contributed by atoms with Crippen molar-refractivity contribution in [2.75, 3.05) is 0 Å². The molecular weight excluding hydrogens is 380 g/mol. The maximum Gasteiger partial charge on any atom is 0.343 e. The molecule has 3 N–H and O–H groups in total. The van der Waals surface area contributed by atoms with Gasteiger partial charge in [-0.15, -0.1) is 0 Å². The molecule has 0 heterocycles. The molecule has 8 nitrogen and oxygen atoms in total. The van der Waals surface area contributed by atoms with Gasteiger partial charge in [-0.05, 0) is 66.7 Å². The van der Waals surface area contributed by atoms with E-state index in [1.54, 1.807) is 0 Å². The van der Waals surface area contributed by atoms with E-state index in [9.17, 15) is 29.7 Å². The van der Waals surface area contributed by atoms with Crippen LogP contribution in [0.3, 0.4) is 0 Å². The van der Waals surface area contributed by atoms with Crippen molar-refractivity contribution in [3.05, 3.63) is 83.4 Å². The van der Waals surface area contributed by atoms with Crippen molar-refractivity contribution in [2.45, 2.75) is 0 Å². The predicted octanol–water partition coefficient (Wildman–Crippen LogP) is 3.23. The molecule has 0 bridgehead atoms. The molecule has 8 heteroatoms. The molecule has 0 spiro atoms. The number of esters is 2. The lowest BCUT2D eigenvalue weighted by atomic mass is 10.1. The summed E-state index contributed by atoms with van der Waals surface area (Å²) in [6, 6.07) is 14.0. The maximum atomic E-state index is 12.4. The van der Waals surface area contributed by atoms with Crippen LogP contribution >= 0.6 is 0 Å². The minimum absolute atomic E-state index is 0.0167. The van der Waals surface area contributed by atoms with Crippen molar-refractivity contribution in [3.63, 3.8) is 0 Å². The van der Waals surface area contributed by atoms with Gasteiger partial charge in [0.15, 0.2) is 0 Å². The quantitative estimate of drug-likeness (QED) is 0.444. The van der Waals surface area contributed by atoms with Gasteiger partial charge in [-0.25, -0.2) is 14.4 Å². The van der Waals surface area contributed by atoms with Gasteiger partial charge in [0, 0.05) is 0 Å². The largest absolute Gasteiger partial charge is 0.508 e. The standard InChI is InChI=1S/C21H14O8/c22-15-1-5-17(6-2-15)28-20(26)13-9-12(19(24)25)10-14(11-13)21(27)29-18-7-3-16(23)4-8-18/h1-11,22-23H,(H,24,25). The van der Waals surface area contributed by atoms with Crippen LogP contribution in [0.1, 0.15) is 31.1 Å². The molecular formula is C21H14O8. The molecule has 0 fully saturated rings. The van der Waals surface area contributed by atoms with E-state index in [1.165, 1.54) is 48.5 Å². The maximum absolute atomic E-state index is 12.4. The van der Waals surface area contributed by atoms with Crippen molar-refractivity contribution < 1.29 is 39.2 Å². The highest BCUT2D eigenvalue weighted by atomic mass is 16.5. The van der Waals surface area contributed by atoms with Crippen LogP contribution in [0, 0.1) is 0 Å². The lowest BCUT2D eigenvalue weighted by molar-refractivity contribution is 0.0697. The van der Waals surface area contributed by atoms with Crippen LogP contribution in [0.15, 0.2) is 66.7 Å². The first-order chi connectivity index (χ1) is 13.8. The molecule has 0 unspecified atom stereocenters. The van der Waals surface area contributed by atoms with Crippen LogP contribution in [0.2, 0.25) is 0 Å². The Kier molecular flexibility index (Phi) is 5.45. The summed E-state index contributed by atoms with van der Waals surface area (Å²) >= 11 is 0. The van der Waals surface area contributed by atoms with E-state index in [4.69, 9.17) is 9.47 Å². The number of carboxylic acids is 1. The second-order valence-corrected chi connectivity index (χ2v) is 5.87. The number of benzene rings is 3. The van der Waals surface area contributed by atoms with E-state index >= 15 is 0 Å². The fourth-order valence-electron chi connectivity index (χ4n) is 2.35. The number of carbonyl (C=O) groups is 3. The molecule has 0 atom stereocenters. The average Bonchev–Trinajstić information content (AvgIpc) is 2.71. The second-order valence-electron chi connectivity index (χ2n) is 5.87. The molecule has 0 aliphatic heterocycles. The third-order valence-corrected chi connectivity index (χ3v) is 3.75. The molecule has 3 aromatic carbocycles. The SMILES string of the molecule is O=C(O)c1cc(C(=O)Oc2ccc(O)cc2)cc(C(=O)Oc2ccc(O)cc2)c1. The average molecular weight is 394 g/mol. The van der Waals surface area contributed by atoms with E-state index in [-0.39, 0.29) is 39.7 Å². The number of ether oxygens (including phenoxy) is 2. The summed E-state index contributed by atoms with van der Waals surface area (Å²) in [5, 5.41) is 27.8. The molecule has 0 aliphatic rings. The Balaban J connectivity index is 1.87. The molecule has 0 aromatic heterocycles. The Hall–Kier alpha value is -4.33. The van der Waals surface area contributed by atoms with Gasteiger partial charge in [0.05, 0.1) is 16.7 Å². The topological polar surface area (TPSA) is 130 Å². The molecule has 0 radical (unpaired) electrons. The molecule has 29 heavy (non-hydrogen) atoms. The number of phenols is 2. The Labute approximate surface area is 164 Å². The van der Waals surface area contributed by atoms with Crippen molar-refractivity contribution in [1.29, 1.82) is 0 Å². The Bertz CT molecular complexity index is 991. The zero-order valence-corrected chi connectivity index (χ0v) is 14.7. The smallest absolute Gasteiger partial charge is 0.343 e. The summed E-state index contributed by atoms with van der Waals surface area (Å²) in [4.78, 5) is 36.2. The van der Waals surface area contributed by atoms with E-state index in [1.807, 2.05) is 0 Å². The molecule has 0 saturated heterocycles. The fraction of sp³-hybridized carbons (Fsp3) is 0. The molecule has 0 amide bonds. The van der Waals surface area contributed by atoms with E-state index in [2.05, 4.69) is 0 Å². The number of aromatic carboxylic acids is 1. The van der Waals surface area contributed by atoms with Crippen molar-refractivity contribution in [1.82, 2.24) is 0 Å². The first kappa shape index (κ1) is 19.4. The van der Waals surface area contributed by atoms with Crippen LogP contribution < -0.4 is 9.47 Å². The Morgan fingerprint density at radius 3 is 1.28 bits per heavy atom. The van der Waals surface area contributed by atoms with Gasteiger partial charge in [-0.3, -0.25) is 0 Å². The summed E-state index contributed by atoms with van der Waals surface area (Å²) in [5.41, 5.74) is -0.644. The molecule has 0 aliphatic carbocycles. The third kappa shape index (κ3) is 4.89. The zero-order chi connectivity index (χ0) is 21.0. The summed E-state index contributed by atoms with van der Waals surface area (Å²) < 4.78 is 10.3. The van der Waals surface area contributed by atoms with Crippen LogP contribution in [-0.2, 0) is 0 Å². The highest BCUT2D eigenvalue weighted by Gasteiger charge is 2.19. The van der Waals surface area contributed by atoms with Gasteiger partial charge in [-0.1, -0.05) is 0 Å². The highest BCUT2D eigenvalue weighted by Crippen LogP contribution is 2.21. The number of carbonyl (C=O) groups excluding carboxylic acids is 2. The monoisotopic (exact) mass is 394 g/mol. The van der Waals surface area contributed by atoms with Gasteiger partial charge in [0.2, 0.25) is 0 Å². The number of phenolic OH excluding ortho intramolecular Hbond substituents is 2. The predicted molar refractivity (Wildman–Crippen MR) is 99.5 cm³/mol. The fourth-order valence-corrected chi connectivity index (χ4v) is 2.35. The summed E-state index contributed by atoms with van der Waals surface area (Å²) in [5.74, 6) is -2.91. The van der Waals surface area contributed by atoms with E-state index < -0.39 is 17.9 Å². The van der Waals surface area contributed by atoms with Crippen LogP contribution in [0.5, 0.6) is 23.0 Å². The summed E-state index contributed by atoms with van der Waals surface area (Å²) in [6.45, 7) is 0. The zero-order valence-electron chi connectivity index (χ0n) is 14.7. The van der Waals surface area contributed by atoms with Gasteiger partial charge < -0.3 is 24.8 Å². The normalized spacial score (nSPS) is 10.2. The highest BCUT2D eigenvalue weighted by molar-refractivity contribution is 6.01. The van der Waals surface area contributed by atoms with Gasteiger partial charge in [0.1, 0.15) is 23.0 Å². The summed E-state index contributed by atoms with van der Waals surface area (Å²) in [7, 11) is 0. The lowest BCUT2D eigenvalue weighted by Gasteiger charge is -2.09. The second kappa shape index (κ2) is 8.13. The molecule has 3 rings (SSSR count). The Morgan fingerprint density at radius 2 is 0.931 bits per heavy atom. The number of aromatic hydroxyl groups is 2. The number of rotatable bonds is 5. The van der Waals surface area contributed by atoms with E-state index in [0.717, 1.165) is 18.2 Å². The minimum Gasteiger partial charge on any atom is -0.508 e. The number of hydrogen-bond donors (Lipinski definition) is 3. The van der Waals surface area contributed by atoms with Gasteiger partial charge in [0.25, 0.3) is 0 Å². The molecule has 146 valence electrons. The first-order valence-corrected chi connectivity index (χ1v) is 8.22. The number of hydrogen-bond acceptors (Lipinski definition) is 7. The van der Waals surface area contributed by atoms with Crippen molar-refractivity contribution >= 4 is 17.9 Å². The summed E-state index contributed by atoms with van der Waals surface area (Å²) in [6.07, 6.45) is 0. The molecule has 0 saturated carbocycles. The van der Waals surface area contributed by atoms with Crippen LogP contribution in [0.4, 0.5) is 0 Å². The van der Waals surface area contributed by atoms with Gasteiger partial charge >= 0.3 is 17.9 Å². The van der Waals surface area contributed by atoms with E-state index in [0.29, 0.717) is 0 Å². The van der Waals surface area contributed by atoms with Crippen LogP contribution in [-0.4, -0.2) is 33.2 Å².